The lowest BCUT2D eigenvalue weighted by atomic mass is 10.0. The van der Waals surface area contributed by atoms with Crippen molar-refractivity contribution in [3.8, 4) is 0 Å². The molecule has 1 aromatic carbocycles. The van der Waals surface area contributed by atoms with Crippen molar-refractivity contribution in [2.24, 2.45) is 5.10 Å². The Morgan fingerprint density at radius 1 is 0.935 bits per heavy atom. The van der Waals surface area contributed by atoms with Gasteiger partial charge in [0.25, 0.3) is 0 Å². The van der Waals surface area contributed by atoms with Gasteiger partial charge in [-0.05, 0) is 18.6 Å². The van der Waals surface area contributed by atoms with Crippen molar-refractivity contribution in [1.82, 2.24) is 14.9 Å². The Morgan fingerprint density at radius 2 is 1.52 bits per heavy atom. The number of nitrogens with one attached hydrogen (secondary N) is 1. The fraction of sp³-hybridized carbons (Fsp3) is 0.625. The Kier molecular flexibility index (Phi) is 12.6. The topological polar surface area (TPSA) is 63.0 Å². The first-order chi connectivity index (χ1) is 15.1. The molecule has 31 heavy (non-hydrogen) atoms. The zero-order valence-electron chi connectivity index (χ0n) is 18.7. The molecule has 0 aliphatic carbocycles. The first kappa shape index (κ1) is 25.7. The van der Waals surface area contributed by atoms with E-state index in [-0.39, 0.29) is 5.69 Å². The van der Waals surface area contributed by atoms with Gasteiger partial charge in [-0.3, -0.25) is 0 Å². The van der Waals surface area contributed by atoms with Crippen LogP contribution in [0.25, 0.3) is 0 Å². The summed E-state index contributed by atoms with van der Waals surface area (Å²) in [7, 11) is 0. The zero-order valence-corrected chi connectivity index (χ0v) is 20.2. The van der Waals surface area contributed by atoms with E-state index < -0.39 is 0 Å². The zero-order chi connectivity index (χ0) is 22.3. The summed E-state index contributed by atoms with van der Waals surface area (Å²) in [6, 6.07) is 5.16. The third kappa shape index (κ3) is 10.0. The Hall–Kier alpha value is -1.59. The summed E-state index contributed by atoms with van der Waals surface area (Å²) in [5, 5.41) is 11.9. The van der Waals surface area contributed by atoms with Crippen LogP contribution in [0.2, 0.25) is 10.0 Å². The van der Waals surface area contributed by atoms with Gasteiger partial charge in [0.1, 0.15) is 0 Å². The number of rotatable bonds is 16. The molecule has 1 N–H and O–H groups in total. The molecule has 0 saturated carbocycles. The maximum absolute atomic E-state index is 12.0. The standard InChI is InChI=1S/C24H36Cl2N4O/c1-2-3-4-5-6-7-8-9-10-11-12-13-14-15-23-28-29-24(31)30(23)27-19-20-16-17-21(25)18-22(20)26/h16-19H,2-15H2,1H3,(H,29,31). The largest absolute Gasteiger partial charge is 0.364 e. The highest BCUT2D eigenvalue weighted by atomic mass is 35.5. The van der Waals surface area contributed by atoms with E-state index in [0.29, 0.717) is 21.4 Å². The smallest absolute Gasteiger partial charge is 0.244 e. The monoisotopic (exact) mass is 466 g/mol. The van der Waals surface area contributed by atoms with Crippen LogP contribution < -0.4 is 5.69 Å². The number of aryl methyl sites for hydroxylation is 1. The van der Waals surface area contributed by atoms with Crippen LogP contribution in [0.5, 0.6) is 0 Å². The molecule has 2 rings (SSSR count). The quantitative estimate of drug-likeness (QED) is 0.207. The van der Waals surface area contributed by atoms with E-state index in [1.807, 2.05) is 0 Å². The number of hydrogen-bond donors (Lipinski definition) is 1. The fourth-order valence-electron chi connectivity index (χ4n) is 3.63. The highest BCUT2D eigenvalue weighted by Gasteiger charge is 2.07. The van der Waals surface area contributed by atoms with Crippen LogP contribution in [0.15, 0.2) is 28.1 Å². The minimum absolute atomic E-state index is 0.342. The number of benzene rings is 1. The molecular formula is C24H36Cl2N4O. The van der Waals surface area contributed by atoms with E-state index in [1.165, 1.54) is 75.3 Å². The first-order valence-corrected chi connectivity index (χ1v) is 12.5. The number of hydrogen-bond acceptors (Lipinski definition) is 3. The minimum atomic E-state index is -0.342. The molecular weight excluding hydrogens is 431 g/mol. The Labute approximate surface area is 196 Å². The molecule has 5 nitrogen and oxygen atoms in total. The van der Waals surface area contributed by atoms with Gasteiger partial charge in [-0.1, -0.05) is 113 Å². The Bertz CT molecular complexity index is 844. The molecule has 0 spiro atoms. The second kappa shape index (κ2) is 15.3. The summed E-state index contributed by atoms with van der Waals surface area (Å²) in [6.45, 7) is 2.26. The van der Waals surface area contributed by atoms with Crippen molar-refractivity contribution < 1.29 is 0 Å². The number of H-pyrrole nitrogens is 1. The number of unbranched alkanes of at least 4 members (excludes halogenated alkanes) is 12. The van der Waals surface area contributed by atoms with Crippen LogP contribution in [-0.2, 0) is 6.42 Å². The van der Waals surface area contributed by atoms with Gasteiger partial charge in [-0.2, -0.15) is 14.9 Å². The molecule has 2 aromatic rings. The molecule has 1 aromatic heterocycles. The highest BCUT2D eigenvalue weighted by molar-refractivity contribution is 6.36. The van der Waals surface area contributed by atoms with Gasteiger partial charge in [0.05, 0.1) is 11.2 Å². The maximum Gasteiger partial charge on any atom is 0.364 e. The molecule has 0 atom stereocenters. The summed E-state index contributed by atoms with van der Waals surface area (Å²) < 4.78 is 1.31. The van der Waals surface area contributed by atoms with Crippen molar-refractivity contribution in [1.29, 1.82) is 0 Å². The van der Waals surface area contributed by atoms with E-state index in [1.54, 1.807) is 24.4 Å². The van der Waals surface area contributed by atoms with E-state index in [9.17, 15) is 4.79 Å². The van der Waals surface area contributed by atoms with Crippen LogP contribution in [0.1, 0.15) is 102 Å². The molecule has 0 radical (unpaired) electrons. The highest BCUT2D eigenvalue weighted by Crippen LogP contribution is 2.19. The lowest BCUT2D eigenvalue weighted by Crippen LogP contribution is -2.15. The third-order valence-electron chi connectivity index (χ3n) is 5.50. The second-order valence-corrected chi connectivity index (χ2v) is 9.00. The SMILES string of the molecule is CCCCCCCCCCCCCCCc1n[nH]c(=O)n1N=Cc1ccc(Cl)cc1Cl. The molecule has 0 fully saturated rings. The first-order valence-electron chi connectivity index (χ1n) is 11.8. The molecule has 0 amide bonds. The van der Waals surface area contributed by atoms with Gasteiger partial charge in [0.15, 0.2) is 5.82 Å². The Balaban J connectivity index is 1.62. The molecule has 0 unspecified atom stereocenters. The summed E-state index contributed by atoms with van der Waals surface area (Å²) in [5.74, 6) is 0.648. The third-order valence-corrected chi connectivity index (χ3v) is 6.06. The van der Waals surface area contributed by atoms with Gasteiger partial charge in [0.2, 0.25) is 0 Å². The van der Waals surface area contributed by atoms with Crippen molar-refractivity contribution in [3.63, 3.8) is 0 Å². The average Bonchev–Trinajstić information content (AvgIpc) is 3.10. The van der Waals surface area contributed by atoms with E-state index >= 15 is 0 Å². The minimum Gasteiger partial charge on any atom is -0.244 e. The molecule has 7 heteroatoms. The summed E-state index contributed by atoms with van der Waals surface area (Å²) in [6.07, 6.45) is 19.3. The number of nitrogens with zero attached hydrogens (tertiary/aromatic N) is 3. The summed E-state index contributed by atoms with van der Waals surface area (Å²) in [4.78, 5) is 12.0. The van der Waals surface area contributed by atoms with Crippen molar-refractivity contribution >= 4 is 29.4 Å². The predicted molar refractivity (Wildman–Crippen MR) is 132 cm³/mol. The van der Waals surface area contributed by atoms with E-state index in [2.05, 4.69) is 22.2 Å². The van der Waals surface area contributed by atoms with E-state index in [4.69, 9.17) is 23.2 Å². The van der Waals surface area contributed by atoms with Gasteiger partial charge in [0, 0.05) is 17.0 Å². The lowest BCUT2D eigenvalue weighted by molar-refractivity contribution is 0.537. The molecule has 1 heterocycles. The summed E-state index contributed by atoms with van der Waals surface area (Å²) in [5.41, 5.74) is 0.358. The van der Waals surface area contributed by atoms with Crippen LogP contribution >= 0.6 is 23.2 Å². The molecule has 0 aliphatic rings. The average molecular weight is 467 g/mol. The van der Waals surface area contributed by atoms with Crippen LogP contribution in [0.4, 0.5) is 0 Å². The molecule has 0 bridgehead atoms. The summed E-state index contributed by atoms with van der Waals surface area (Å²) >= 11 is 12.1. The number of halogens is 2. The van der Waals surface area contributed by atoms with Crippen molar-refractivity contribution in [3.05, 3.63) is 50.1 Å². The number of aromatic amines is 1. The molecule has 0 saturated heterocycles. The normalized spacial score (nSPS) is 11.6. The second-order valence-electron chi connectivity index (χ2n) is 8.16. The lowest BCUT2D eigenvalue weighted by Gasteiger charge is -2.03. The molecule has 172 valence electrons. The van der Waals surface area contributed by atoms with Crippen molar-refractivity contribution in [2.75, 3.05) is 0 Å². The van der Waals surface area contributed by atoms with Crippen molar-refractivity contribution in [2.45, 2.75) is 96.8 Å². The van der Waals surface area contributed by atoms with Crippen LogP contribution in [-0.4, -0.2) is 21.1 Å². The van der Waals surface area contributed by atoms with E-state index in [0.717, 1.165) is 19.3 Å². The van der Waals surface area contributed by atoms with Crippen LogP contribution in [0.3, 0.4) is 0 Å². The Morgan fingerprint density at radius 3 is 2.10 bits per heavy atom. The van der Waals surface area contributed by atoms with Crippen LogP contribution in [0, 0.1) is 0 Å². The molecule has 0 aliphatic heterocycles. The number of aromatic nitrogens is 3. The van der Waals surface area contributed by atoms with Gasteiger partial charge in [-0.15, -0.1) is 0 Å². The fourth-order valence-corrected chi connectivity index (χ4v) is 4.09. The maximum atomic E-state index is 12.0. The van der Waals surface area contributed by atoms with Gasteiger partial charge in [-0.25, -0.2) is 9.89 Å². The van der Waals surface area contributed by atoms with Gasteiger partial charge < -0.3 is 0 Å². The predicted octanol–water partition coefficient (Wildman–Crippen LogP) is 7.39. The van der Waals surface area contributed by atoms with Gasteiger partial charge >= 0.3 is 5.69 Å².